The molecule has 0 amide bonds. The molecule has 4 nitrogen and oxygen atoms in total. The number of hydrogen-bond donors (Lipinski definition) is 0. The first kappa shape index (κ1) is 16.5. The minimum atomic E-state index is -5.01. The number of carbonyl (C=O) groups is 1. The summed E-state index contributed by atoms with van der Waals surface area (Å²) in [7, 11) is 0. The van der Waals surface area contributed by atoms with Gasteiger partial charge in [0.1, 0.15) is 5.82 Å². The maximum Gasteiger partial charge on any atom is 0.574 e. The van der Waals surface area contributed by atoms with Crippen LogP contribution in [0.25, 0.3) is 0 Å². The average molecular weight is 316 g/mol. The van der Waals surface area contributed by atoms with Crippen LogP contribution in [0.4, 0.5) is 17.6 Å². The molecule has 9 heteroatoms. The van der Waals surface area contributed by atoms with E-state index in [1.165, 1.54) is 0 Å². The summed E-state index contributed by atoms with van der Waals surface area (Å²) < 4.78 is 58.4. The van der Waals surface area contributed by atoms with Crippen molar-refractivity contribution in [2.45, 2.75) is 25.6 Å². The highest BCUT2D eigenvalue weighted by Crippen LogP contribution is 2.28. The Balaban J connectivity index is 3.05. The number of hydrogen-bond acceptors (Lipinski definition) is 4. The molecule has 0 N–H and O–H groups in total. The molecule has 0 saturated heterocycles. The molecule has 0 spiro atoms. The van der Waals surface area contributed by atoms with E-state index in [-0.39, 0.29) is 12.2 Å². The fourth-order valence-corrected chi connectivity index (χ4v) is 1.59. The molecule has 0 aliphatic carbocycles. The summed E-state index contributed by atoms with van der Waals surface area (Å²) in [6.45, 7) is 1.67. The van der Waals surface area contributed by atoms with E-state index in [9.17, 15) is 22.4 Å². The van der Waals surface area contributed by atoms with Crippen molar-refractivity contribution in [2.24, 2.45) is 0 Å². The zero-order chi connectivity index (χ0) is 15.3. The summed E-state index contributed by atoms with van der Waals surface area (Å²) in [4.78, 5) is 14.6. The van der Waals surface area contributed by atoms with Crippen LogP contribution >= 0.6 is 11.6 Å². The molecule has 0 bridgehead atoms. The number of ether oxygens (including phenoxy) is 2. The fourth-order valence-electron chi connectivity index (χ4n) is 1.36. The van der Waals surface area contributed by atoms with Gasteiger partial charge in [-0.25, -0.2) is 9.37 Å². The molecule has 1 rings (SSSR count). The van der Waals surface area contributed by atoms with E-state index in [0.717, 1.165) is 6.20 Å². The molecule has 112 valence electrons. The Hall–Kier alpha value is -1.57. The van der Waals surface area contributed by atoms with Crippen molar-refractivity contribution in [1.82, 2.24) is 4.98 Å². The number of rotatable bonds is 5. The highest BCUT2D eigenvalue weighted by atomic mass is 35.5. The minimum absolute atomic E-state index is 0.103. The summed E-state index contributed by atoms with van der Waals surface area (Å²) >= 11 is 5.39. The molecule has 0 fully saturated rings. The SMILES string of the molecule is CCOC(=O)Cc1cnc(OC(F)(F)F)c(CCl)c1F. The first-order chi connectivity index (χ1) is 9.28. The second-order valence-corrected chi connectivity index (χ2v) is 3.81. The van der Waals surface area contributed by atoms with Crippen molar-refractivity contribution in [1.29, 1.82) is 0 Å². The molecule has 1 heterocycles. The molecule has 0 aliphatic heterocycles. The molecular formula is C11H10ClF4NO3. The predicted molar refractivity (Wildman–Crippen MR) is 60.8 cm³/mol. The maximum atomic E-state index is 13.9. The van der Waals surface area contributed by atoms with E-state index in [2.05, 4.69) is 14.5 Å². The standard InChI is InChI=1S/C11H10ClF4NO3/c1-2-19-8(18)3-6-5-17-10(20-11(14,15)16)7(4-12)9(6)13/h5H,2-4H2,1H3. The number of esters is 1. The summed E-state index contributed by atoms with van der Waals surface area (Å²) in [5.41, 5.74) is -0.778. The number of aromatic nitrogens is 1. The molecule has 20 heavy (non-hydrogen) atoms. The van der Waals surface area contributed by atoms with Gasteiger partial charge in [0.2, 0.25) is 5.88 Å². The second kappa shape index (κ2) is 6.74. The lowest BCUT2D eigenvalue weighted by atomic mass is 10.1. The zero-order valence-electron chi connectivity index (χ0n) is 10.3. The van der Waals surface area contributed by atoms with E-state index < -0.39 is 41.9 Å². The lowest BCUT2D eigenvalue weighted by Crippen LogP contribution is -2.20. The summed E-state index contributed by atoms with van der Waals surface area (Å²) in [6, 6.07) is 0. The van der Waals surface area contributed by atoms with Gasteiger partial charge in [-0.05, 0) is 6.92 Å². The van der Waals surface area contributed by atoms with Crippen LogP contribution in [0.3, 0.4) is 0 Å². The van der Waals surface area contributed by atoms with E-state index in [1.54, 1.807) is 6.92 Å². The first-order valence-electron chi connectivity index (χ1n) is 5.42. The molecule has 0 unspecified atom stereocenters. The predicted octanol–water partition coefficient (Wildman–Crippen LogP) is 2.96. The van der Waals surface area contributed by atoms with E-state index in [1.807, 2.05) is 0 Å². The van der Waals surface area contributed by atoms with Gasteiger partial charge >= 0.3 is 12.3 Å². The van der Waals surface area contributed by atoms with Crippen molar-refractivity contribution in [3.8, 4) is 5.88 Å². The van der Waals surface area contributed by atoms with Crippen LogP contribution in [0.2, 0.25) is 0 Å². The monoisotopic (exact) mass is 315 g/mol. The third-order valence-electron chi connectivity index (χ3n) is 2.13. The van der Waals surface area contributed by atoms with E-state index in [4.69, 9.17) is 11.6 Å². The number of nitrogens with zero attached hydrogens (tertiary/aromatic N) is 1. The van der Waals surface area contributed by atoms with Crippen molar-refractivity contribution < 1.29 is 31.8 Å². The van der Waals surface area contributed by atoms with Gasteiger partial charge < -0.3 is 9.47 Å². The van der Waals surface area contributed by atoms with Crippen LogP contribution in [0.5, 0.6) is 5.88 Å². The van der Waals surface area contributed by atoms with Crippen molar-refractivity contribution >= 4 is 17.6 Å². The van der Waals surface area contributed by atoms with Crippen molar-refractivity contribution in [3.05, 3.63) is 23.1 Å². The van der Waals surface area contributed by atoms with Crippen LogP contribution in [0, 0.1) is 5.82 Å². The Morgan fingerprint density at radius 3 is 2.60 bits per heavy atom. The Morgan fingerprint density at radius 2 is 2.10 bits per heavy atom. The van der Waals surface area contributed by atoms with Gasteiger partial charge in [-0.1, -0.05) is 0 Å². The smallest absolute Gasteiger partial charge is 0.466 e. The molecule has 0 radical (unpaired) electrons. The largest absolute Gasteiger partial charge is 0.574 e. The number of halogens is 5. The quantitative estimate of drug-likeness (QED) is 0.476. The van der Waals surface area contributed by atoms with Crippen LogP contribution in [-0.2, 0) is 21.8 Å². The highest BCUT2D eigenvalue weighted by molar-refractivity contribution is 6.17. The average Bonchev–Trinajstić information content (AvgIpc) is 2.31. The van der Waals surface area contributed by atoms with Crippen LogP contribution in [-0.4, -0.2) is 23.9 Å². The van der Waals surface area contributed by atoms with Crippen molar-refractivity contribution in [3.63, 3.8) is 0 Å². The highest BCUT2D eigenvalue weighted by Gasteiger charge is 2.34. The Kier molecular flexibility index (Phi) is 5.55. The lowest BCUT2D eigenvalue weighted by Gasteiger charge is -2.13. The van der Waals surface area contributed by atoms with Crippen LogP contribution in [0.1, 0.15) is 18.1 Å². The number of pyridine rings is 1. The minimum Gasteiger partial charge on any atom is -0.466 e. The molecule has 0 saturated carbocycles. The van der Waals surface area contributed by atoms with Gasteiger partial charge in [0.25, 0.3) is 0 Å². The topological polar surface area (TPSA) is 48.4 Å². The van der Waals surface area contributed by atoms with Gasteiger partial charge in [-0.3, -0.25) is 4.79 Å². The number of alkyl halides is 4. The molecule has 0 aromatic carbocycles. The maximum absolute atomic E-state index is 13.9. The zero-order valence-corrected chi connectivity index (χ0v) is 11.0. The van der Waals surface area contributed by atoms with Gasteiger partial charge in [-0.15, -0.1) is 24.8 Å². The number of carbonyl (C=O) groups excluding carboxylic acids is 1. The lowest BCUT2D eigenvalue weighted by molar-refractivity contribution is -0.276. The molecule has 0 atom stereocenters. The van der Waals surface area contributed by atoms with Crippen LogP contribution < -0.4 is 4.74 Å². The Morgan fingerprint density at radius 1 is 1.45 bits per heavy atom. The molecule has 0 aliphatic rings. The van der Waals surface area contributed by atoms with Gasteiger partial charge in [0.15, 0.2) is 0 Å². The fraction of sp³-hybridized carbons (Fsp3) is 0.455. The third kappa shape index (κ3) is 4.52. The van der Waals surface area contributed by atoms with Gasteiger partial charge in [-0.2, -0.15) is 0 Å². The summed E-state index contributed by atoms with van der Waals surface area (Å²) in [6.07, 6.45) is -4.69. The summed E-state index contributed by atoms with van der Waals surface area (Å²) in [5.74, 6) is -3.35. The normalized spacial score (nSPS) is 11.3. The van der Waals surface area contributed by atoms with Gasteiger partial charge in [0.05, 0.1) is 24.5 Å². The molecule has 1 aromatic rings. The molecule has 1 aromatic heterocycles. The van der Waals surface area contributed by atoms with Crippen LogP contribution in [0.15, 0.2) is 6.20 Å². The first-order valence-corrected chi connectivity index (χ1v) is 5.95. The van der Waals surface area contributed by atoms with E-state index in [0.29, 0.717) is 0 Å². The Labute approximate surface area is 116 Å². The Bertz CT molecular complexity index is 493. The van der Waals surface area contributed by atoms with Gasteiger partial charge in [0, 0.05) is 11.8 Å². The van der Waals surface area contributed by atoms with E-state index >= 15 is 0 Å². The third-order valence-corrected chi connectivity index (χ3v) is 2.40. The van der Waals surface area contributed by atoms with Crippen molar-refractivity contribution in [2.75, 3.05) is 6.61 Å². The molecular weight excluding hydrogens is 306 g/mol. The second-order valence-electron chi connectivity index (χ2n) is 3.54. The summed E-state index contributed by atoms with van der Waals surface area (Å²) in [5, 5.41) is 0.